The van der Waals surface area contributed by atoms with Crippen molar-refractivity contribution in [2.24, 2.45) is 0 Å². The maximum Gasteiger partial charge on any atom is 0.161 e. The van der Waals surface area contributed by atoms with Gasteiger partial charge in [0.05, 0.1) is 10.9 Å². The third-order valence-corrected chi connectivity index (χ3v) is 3.71. The number of halogens is 4. The molecule has 2 rings (SSSR count). The predicted molar refractivity (Wildman–Crippen MR) is 57.0 cm³/mol. The Morgan fingerprint density at radius 1 is 1.19 bits per heavy atom. The fourth-order valence-corrected chi connectivity index (χ4v) is 2.55. The van der Waals surface area contributed by atoms with Crippen LogP contribution >= 0.6 is 15.9 Å². The van der Waals surface area contributed by atoms with Crippen LogP contribution in [0, 0.1) is 17.5 Å². The van der Waals surface area contributed by atoms with Crippen molar-refractivity contribution < 1.29 is 17.9 Å². The minimum absolute atomic E-state index is 0.103. The molecule has 1 fully saturated rings. The Kier molecular flexibility index (Phi) is 3.54. The summed E-state index contributed by atoms with van der Waals surface area (Å²) in [6.07, 6.45) is 1.51. The van der Waals surface area contributed by atoms with Gasteiger partial charge in [-0.05, 0) is 18.9 Å². The van der Waals surface area contributed by atoms with Crippen LogP contribution in [0.25, 0.3) is 0 Å². The third-order valence-electron chi connectivity index (χ3n) is 2.63. The summed E-state index contributed by atoms with van der Waals surface area (Å²) in [7, 11) is 0. The van der Waals surface area contributed by atoms with Gasteiger partial charge in [0.15, 0.2) is 11.6 Å². The minimum Gasteiger partial charge on any atom is -0.377 e. The molecule has 0 aromatic heterocycles. The van der Waals surface area contributed by atoms with Gasteiger partial charge in [-0.2, -0.15) is 0 Å². The van der Waals surface area contributed by atoms with Crippen LogP contribution in [0.1, 0.15) is 23.2 Å². The van der Waals surface area contributed by atoms with Crippen LogP contribution in [0.15, 0.2) is 12.1 Å². The van der Waals surface area contributed by atoms with Crippen molar-refractivity contribution in [2.75, 3.05) is 6.61 Å². The molecule has 0 radical (unpaired) electrons. The summed E-state index contributed by atoms with van der Waals surface area (Å²) in [6, 6.07) is 1.44. The van der Waals surface area contributed by atoms with E-state index in [0.717, 1.165) is 18.9 Å². The summed E-state index contributed by atoms with van der Waals surface area (Å²) in [6.45, 7) is 0.623. The lowest BCUT2D eigenvalue weighted by Crippen LogP contribution is -2.14. The molecule has 0 amide bonds. The van der Waals surface area contributed by atoms with Crippen molar-refractivity contribution in [3.63, 3.8) is 0 Å². The second-order valence-corrected chi connectivity index (χ2v) is 4.73. The molecule has 1 aromatic carbocycles. The minimum atomic E-state index is -1.17. The molecule has 2 atom stereocenters. The molecule has 1 aliphatic rings. The first-order chi connectivity index (χ1) is 7.59. The van der Waals surface area contributed by atoms with Crippen LogP contribution < -0.4 is 0 Å². The van der Waals surface area contributed by atoms with E-state index in [1.54, 1.807) is 0 Å². The SMILES string of the molecule is Fc1cc(F)c(C(Br)C2CCCO2)cc1F. The molecule has 16 heavy (non-hydrogen) atoms. The van der Waals surface area contributed by atoms with Gasteiger partial charge in [0.1, 0.15) is 5.82 Å². The largest absolute Gasteiger partial charge is 0.377 e. The zero-order chi connectivity index (χ0) is 11.7. The summed E-state index contributed by atoms with van der Waals surface area (Å²) in [4.78, 5) is -0.440. The highest BCUT2D eigenvalue weighted by Gasteiger charge is 2.28. The summed E-state index contributed by atoms with van der Waals surface area (Å²) in [5.41, 5.74) is 0.103. The average Bonchev–Trinajstić information content (AvgIpc) is 2.75. The Labute approximate surface area is 99.7 Å². The van der Waals surface area contributed by atoms with Crippen molar-refractivity contribution in [1.82, 2.24) is 0 Å². The summed E-state index contributed by atoms with van der Waals surface area (Å²) in [5.74, 6) is -2.97. The average molecular weight is 295 g/mol. The first-order valence-electron chi connectivity index (χ1n) is 4.99. The van der Waals surface area contributed by atoms with Crippen molar-refractivity contribution >= 4 is 15.9 Å². The van der Waals surface area contributed by atoms with E-state index in [0.29, 0.717) is 12.7 Å². The topological polar surface area (TPSA) is 9.23 Å². The highest BCUT2D eigenvalue weighted by Crippen LogP contribution is 2.35. The number of benzene rings is 1. The van der Waals surface area contributed by atoms with Crippen LogP contribution in [0.4, 0.5) is 13.2 Å². The fraction of sp³-hybridized carbons (Fsp3) is 0.455. The van der Waals surface area contributed by atoms with Gasteiger partial charge in [0.25, 0.3) is 0 Å². The molecule has 1 nitrogen and oxygen atoms in total. The summed E-state index contributed by atoms with van der Waals surface area (Å²) < 4.78 is 44.5. The van der Waals surface area contributed by atoms with E-state index in [9.17, 15) is 13.2 Å². The van der Waals surface area contributed by atoms with Crippen LogP contribution in [-0.2, 0) is 4.74 Å². The van der Waals surface area contributed by atoms with Gasteiger partial charge in [-0.3, -0.25) is 0 Å². The van der Waals surface area contributed by atoms with Crippen LogP contribution in [0.5, 0.6) is 0 Å². The molecule has 1 saturated heterocycles. The summed E-state index contributed by atoms with van der Waals surface area (Å²) >= 11 is 3.27. The number of ether oxygens (including phenoxy) is 1. The molecule has 2 unspecified atom stereocenters. The van der Waals surface area contributed by atoms with Gasteiger partial charge in [-0.25, -0.2) is 13.2 Å². The molecule has 0 bridgehead atoms. The molecule has 0 N–H and O–H groups in total. The first-order valence-corrected chi connectivity index (χ1v) is 5.91. The highest BCUT2D eigenvalue weighted by atomic mass is 79.9. The molecular formula is C11H10BrF3O. The standard InChI is InChI=1S/C11H10BrF3O/c12-11(10-2-1-3-16-10)6-4-8(14)9(15)5-7(6)13/h4-5,10-11H,1-3H2. The van der Waals surface area contributed by atoms with Crippen molar-refractivity contribution in [3.05, 3.63) is 35.1 Å². The van der Waals surface area contributed by atoms with E-state index in [1.807, 2.05) is 0 Å². The van der Waals surface area contributed by atoms with E-state index < -0.39 is 22.3 Å². The molecule has 1 aliphatic heterocycles. The third kappa shape index (κ3) is 2.25. The first kappa shape index (κ1) is 11.9. The number of hydrogen-bond donors (Lipinski definition) is 0. The van der Waals surface area contributed by atoms with E-state index in [4.69, 9.17) is 4.74 Å². The van der Waals surface area contributed by atoms with Gasteiger partial charge in [-0.1, -0.05) is 15.9 Å². The lowest BCUT2D eigenvalue weighted by atomic mass is 10.0. The molecule has 0 aliphatic carbocycles. The monoisotopic (exact) mass is 294 g/mol. The smallest absolute Gasteiger partial charge is 0.161 e. The maximum absolute atomic E-state index is 13.4. The van der Waals surface area contributed by atoms with Crippen molar-refractivity contribution in [1.29, 1.82) is 0 Å². The lowest BCUT2D eigenvalue weighted by molar-refractivity contribution is 0.109. The van der Waals surface area contributed by atoms with Crippen molar-refractivity contribution in [2.45, 2.75) is 23.8 Å². The fourth-order valence-electron chi connectivity index (χ4n) is 1.78. The second-order valence-electron chi connectivity index (χ2n) is 3.74. The van der Waals surface area contributed by atoms with Crippen molar-refractivity contribution in [3.8, 4) is 0 Å². The van der Waals surface area contributed by atoms with E-state index in [1.165, 1.54) is 0 Å². The molecular weight excluding hydrogens is 285 g/mol. The Hall–Kier alpha value is -0.550. The van der Waals surface area contributed by atoms with Crippen LogP contribution in [0.2, 0.25) is 0 Å². The normalized spacial score (nSPS) is 22.4. The highest BCUT2D eigenvalue weighted by molar-refractivity contribution is 9.09. The second kappa shape index (κ2) is 4.75. The van der Waals surface area contributed by atoms with E-state index in [-0.39, 0.29) is 11.7 Å². The van der Waals surface area contributed by atoms with Crippen LogP contribution in [-0.4, -0.2) is 12.7 Å². The molecule has 0 saturated carbocycles. The van der Waals surface area contributed by atoms with Crippen LogP contribution in [0.3, 0.4) is 0 Å². The molecule has 1 heterocycles. The van der Waals surface area contributed by atoms with Gasteiger partial charge < -0.3 is 4.74 Å². The Bertz CT molecular complexity index is 391. The lowest BCUT2D eigenvalue weighted by Gasteiger charge is -2.17. The van der Waals surface area contributed by atoms with Gasteiger partial charge in [0.2, 0.25) is 0 Å². The Morgan fingerprint density at radius 2 is 1.88 bits per heavy atom. The molecule has 1 aromatic rings. The van der Waals surface area contributed by atoms with Gasteiger partial charge >= 0.3 is 0 Å². The zero-order valence-electron chi connectivity index (χ0n) is 8.35. The summed E-state index contributed by atoms with van der Waals surface area (Å²) in [5, 5.41) is 0. The Balaban J connectivity index is 2.28. The number of alkyl halides is 1. The maximum atomic E-state index is 13.4. The zero-order valence-corrected chi connectivity index (χ0v) is 9.94. The molecule has 88 valence electrons. The molecule has 5 heteroatoms. The Morgan fingerprint density at radius 3 is 2.50 bits per heavy atom. The van der Waals surface area contributed by atoms with Gasteiger partial charge in [-0.15, -0.1) is 0 Å². The van der Waals surface area contributed by atoms with E-state index >= 15 is 0 Å². The van der Waals surface area contributed by atoms with Gasteiger partial charge in [0, 0.05) is 18.2 Å². The number of rotatable bonds is 2. The predicted octanol–water partition coefficient (Wildman–Crippen LogP) is 3.72. The van der Waals surface area contributed by atoms with E-state index in [2.05, 4.69) is 15.9 Å². The number of hydrogen-bond acceptors (Lipinski definition) is 1. The molecule has 0 spiro atoms. The quantitative estimate of drug-likeness (QED) is 0.597.